The van der Waals surface area contributed by atoms with E-state index in [1.54, 1.807) is 6.07 Å². The Balaban J connectivity index is 2.91. The molecule has 0 heterocycles. The van der Waals surface area contributed by atoms with E-state index < -0.39 is 0 Å². The highest BCUT2D eigenvalue weighted by atomic mass is 79.9. The zero-order valence-corrected chi connectivity index (χ0v) is 9.14. The van der Waals surface area contributed by atoms with E-state index in [0.29, 0.717) is 0 Å². The van der Waals surface area contributed by atoms with Gasteiger partial charge in [-0.25, -0.2) is 4.39 Å². The van der Waals surface area contributed by atoms with Crippen molar-refractivity contribution < 1.29 is 4.39 Å². The van der Waals surface area contributed by atoms with Gasteiger partial charge in [0.15, 0.2) is 0 Å². The SMILES string of the molecule is CCC[C@@H](N)c1cc(F)ccc1Br. The molecule has 0 bridgehead atoms. The molecule has 0 amide bonds. The fourth-order valence-electron chi connectivity index (χ4n) is 1.27. The predicted octanol–water partition coefficient (Wildman–Crippen LogP) is 3.39. The second-order valence-corrected chi connectivity index (χ2v) is 3.92. The van der Waals surface area contributed by atoms with Gasteiger partial charge in [-0.15, -0.1) is 0 Å². The Morgan fingerprint density at radius 2 is 2.23 bits per heavy atom. The average Bonchev–Trinajstić information content (AvgIpc) is 2.09. The quantitative estimate of drug-likeness (QED) is 0.869. The Morgan fingerprint density at radius 3 is 2.85 bits per heavy atom. The van der Waals surface area contributed by atoms with Crippen LogP contribution < -0.4 is 5.73 Å². The van der Waals surface area contributed by atoms with Crippen LogP contribution >= 0.6 is 15.9 Å². The van der Waals surface area contributed by atoms with Crippen molar-refractivity contribution in [2.75, 3.05) is 0 Å². The number of benzene rings is 1. The molecular weight excluding hydrogens is 233 g/mol. The fourth-order valence-corrected chi connectivity index (χ4v) is 1.81. The van der Waals surface area contributed by atoms with Crippen molar-refractivity contribution >= 4 is 15.9 Å². The van der Waals surface area contributed by atoms with Crippen molar-refractivity contribution in [1.29, 1.82) is 0 Å². The lowest BCUT2D eigenvalue weighted by Gasteiger charge is -2.12. The van der Waals surface area contributed by atoms with Crippen LogP contribution in [0.4, 0.5) is 4.39 Å². The highest BCUT2D eigenvalue weighted by molar-refractivity contribution is 9.10. The molecule has 0 aromatic heterocycles. The minimum absolute atomic E-state index is 0.0740. The van der Waals surface area contributed by atoms with Gasteiger partial charge in [-0.2, -0.15) is 0 Å². The van der Waals surface area contributed by atoms with E-state index in [1.807, 2.05) is 0 Å². The Bertz CT molecular complexity index is 288. The van der Waals surface area contributed by atoms with E-state index in [-0.39, 0.29) is 11.9 Å². The summed E-state index contributed by atoms with van der Waals surface area (Å²) >= 11 is 3.35. The van der Waals surface area contributed by atoms with Crippen LogP contribution in [0, 0.1) is 5.82 Å². The molecule has 0 fully saturated rings. The zero-order valence-electron chi connectivity index (χ0n) is 7.56. The van der Waals surface area contributed by atoms with E-state index in [1.165, 1.54) is 12.1 Å². The summed E-state index contributed by atoms with van der Waals surface area (Å²) in [5.74, 6) is -0.232. The lowest BCUT2D eigenvalue weighted by Crippen LogP contribution is -2.10. The summed E-state index contributed by atoms with van der Waals surface area (Å²) in [7, 11) is 0. The second kappa shape index (κ2) is 4.72. The molecule has 0 saturated heterocycles. The molecule has 1 aromatic rings. The van der Waals surface area contributed by atoms with E-state index in [0.717, 1.165) is 22.9 Å². The van der Waals surface area contributed by atoms with Crippen molar-refractivity contribution in [3.63, 3.8) is 0 Å². The van der Waals surface area contributed by atoms with Gasteiger partial charge in [0.25, 0.3) is 0 Å². The van der Waals surface area contributed by atoms with Crippen LogP contribution in [-0.4, -0.2) is 0 Å². The maximum Gasteiger partial charge on any atom is 0.123 e. The molecule has 13 heavy (non-hydrogen) atoms. The third-order valence-electron chi connectivity index (χ3n) is 1.96. The normalized spacial score (nSPS) is 12.9. The van der Waals surface area contributed by atoms with Crippen LogP contribution in [0.2, 0.25) is 0 Å². The van der Waals surface area contributed by atoms with Crippen molar-refractivity contribution in [2.45, 2.75) is 25.8 Å². The Labute approximate surface area is 86.3 Å². The maximum atomic E-state index is 12.9. The van der Waals surface area contributed by atoms with Crippen LogP contribution in [-0.2, 0) is 0 Å². The van der Waals surface area contributed by atoms with Crippen LogP contribution in [0.1, 0.15) is 31.4 Å². The van der Waals surface area contributed by atoms with Crippen molar-refractivity contribution in [3.8, 4) is 0 Å². The molecule has 72 valence electrons. The summed E-state index contributed by atoms with van der Waals surface area (Å²) in [6, 6.07) is 4.53. The first kappa shape index (κ1) is 10.7. The minimum Gasteiger partial charge on any atom is -0.324 e. The third kappa shape index (κ3) is 2.78. The summed E-state index contributed by atoms with van der Waals surface area (Å²) in [5, 5.41) is 0. The van der Waals surface area contributed by atoms with Gasteiger partial charge in [0.05, 0.1) is 0 Å². The molecule has 0 saturated carbocycles. The lowest BCUT2D eigenvalue weighted by atomic mass is 10.0. The summed E-state index contributed by atoms with van der Waals surface area (Å²) in [6.45, 7) is 2.06. The molecule has 2 N–H and O–H groups in total. The van der Waals surface area contributed by atoms with Crippen LogP contribution in [0.3, 0.4) is 0 Å². The van der Waals surface area contributed by atoms with E-state index in [2.05, 4.69) is 22.9 Å². The fraction of sp³-hybridized carbons (Fsp3) is 0.400. The maximum absolute atomic E-state index is 12.9. The van der Waals surface area contributed by atoms with Crippen molar-refractivity contribution in [2.24, 2.45) is 5.73 Å². The monoisotopic (exact) mass is 245 g/mol. The Hall–Kier alpha value is -0.410. The zero-order chi connectivity index (χ0) is 9.84. The molecule has 3 heteroatoms. The van der Waals surface area contributed by atoms with Gasteiger partial charge in [-0.3, -0.25) is 0 Å². The van der Waals surface area contributed by atoms with Gasteiger partial charge in [-0.05, 0) is 30.2 Å². The van der Waals surface area contributed by atoms with Gasteiger partial charge >= 0.3 is 0 Å². The summed E-state index contributed by atoms with van der Waals surface area (Å²) < 4.78 is 13.8. The summed E-state index contributed by atoms with van der Waals surface area (Å²) in [6.07, 6.45) is 1.88. The molecule has 1 rings (SSSR count). The van der Waals surface area contributed by atoms with Gasteiger partial charge in [0.2, 0.25) is 0 Å². The van der Waals surface area contributed by atoms with Crippen molar-refractivity contribution in [1.82, 2.24) is 0 Å². The van der Waals surface area contributed by atoms with Crippen molar-refractivity contribution in [3.05, 3.63) is 34.1 Å². The highest BCUT2D eigenvalue weighted by Crippen LogP contribution is 2.25. The van der Waals surface area contributed by atoms with Gasteiger partial charge < -0.3 is 5.73 Å². The molecule has 0 unspecified atom stereocenters. The first-order valence-corrected chi connectivity index (χ1v) is 5.15. The predicted molar refractivity (Wildman–Crippen MR) is 55.9 cm³/mol. The smallest absolute Gasteiger partial charge is 0.123 e. The highest BCUT2D eigenvalue weighted by Gasteiger charge is 2.09. The largest absolute Gasteiger partial charge is 0.324 e. The van der Waals surface area contributed by atoms with E-state index in [4.69, 9.17) is 5.73 Å². The lowest BCUT2D eigenvalue weighted by molar-refractivity contribution is 0.603. The number of rotatable bonds is 3. The Kier molecular flexibility index (Phi) is 3.88. The van der Waals surface area contributed by atoms with E-state index >= 15 is 0 Å². The van der Waals surface area contributed by atoms with Gasteiger partial charge in [0.1, 0.15) is 5.82 Å². The Morgan fingerprint density at radius 1 is 1.54 bits per heavy atom. The average molecular weight is 246 g/mol. The van der Waals surface area contributed by atoms with Crippen LogP contribution in [0.25, 0.3) is 0 Å². The topological polar surface area (TPSA) is 26.0 Å². The minimum atomic E-state index is -0.232. The summed E-state index contributed by atoms with van der Waals surface area (Å²) in [4.78, 5) is 0. The van der Waals surface area contributed by atoms with E-state index in [9.17, 15) is 4.39 Å². The van der Waals surface area contributed by atoms with Gasteiger partial charge in [-0.1, -0.05) is 29.3 Å². The molecule has 0 spiro atoms. The number of halogens is 2. The van der Waals surface area contributed by atoms with Gasteiger partial charge in [0, 0.05) is 10.5 Å². The first-order chi connectivity index (χ1) is 6.15. The molecule has 0 aliphatic heterocycles. The molecule has 1 nitrogen and oxygen atoms in total. The molecule has 1 atom stereocenters. The van der Waals surface area contributed by atoms with Crippen LogP contribution in [0.15, 0.2) is 22.7 Å². The molecule has 1 aromatic carbocycles. The van der Waals surface area contributed by atoms with Crippen LogP contribution in [0.5, 0.6) is 0 Å². The third-order valence-corrected chi connectivity index (χ3v) is 2.68. The number of hydrogen-bond acceptors (Lipinski definition) is 1. The molecule has 0 aliphatic rings. The molecule has 0 radical (unpaired) electrons. The molecule has 0 aliphatic carbocycles. The molecular formula is C10H13BrFN. The summed E-state index contributed by atoms with van der Waals surface area (Å²) in [5.41, 5.74) is 6.73. The second-order valence-electron chi connectivity index (χ2n) is 3.06. The number of hydrogen-bond donors (Lipinski definition) is 1. The number of nitrogens with two attached hydrogens (primary N) is 1. The first-order valence-electron chi connectivity index (χ1n) is 4.35. The standard InChI is InChI=1S/C10H13BrFN/c1-2-3-10(13)8-6-7(12)4-5-9(8)11/h4-6,10H,2-3,13H2,1H3/t10-/m1/s1.